The van der Waals surface area contributed by atoms with E-state index in [9.17, 15) is 19.2 Å². The third-order valence-corrected chi connectivity index (χ3v) is 6.24. The fraction of sp³-hybridized carbons (Fsp3) is 0.261. The van der Waals surface area contributed by atoms with Gasteiger partial charge < -0.3 is 19.2 Å². The average Bonchev–Trinajstić information content (AvgIpc) is 3.33. The molecule has 0 radical (unpaired) electrons. The van der Waals surface area contributed by atoms with Crippen LogP contribution < -0.4 is 10.2 Å². The summed E-state index contributed by atoms with van der Waals surface area (Å²) >= 11 is 0. The van der Waals surface area contributed by atoms with E-state index in [1.165, 1.54) is 0 Å². The number of benzene rings is 1. The van der Waals surface area contributed by atoms with Crippen molar-refractivity contribution >= 4 is 28.3 Å². The highest BCUT2D eigenvalue weighted by Gasteiger charge is 2.38. The van der Waals surface area contributed by atoms with E-state index in [1.54, 1.807) is 65.4 Å². The molecule has 1 fully saturated rings. The van der Waals surface area contributed by atoms with Crippen LogP contribution in [0.5, 0.6) is 11.5 Å². The molecule has 3 aromatic heterocycles. The number of amides is 2. The van der Waals surface area contributed by atoms with Crippen molar-refractivity contribution < 1.29 is 33.4 Å². The predicted molar refractivity (Wildman–Crippen MR) is 117 cm³/mol. The van der Waals surface area contributed by atoms with Crippen molar-refractivity contribution in [3.63, 3.8) is 0 Å². The molecule has 34 heavy (non-hydrogen) atoms. The van der Waals surface area contributed by atoms with Crippen molar-refractivity contribution in [1.82, 2.24) is 20.0 Å². The molecule has 1 aromatic carbocycles. The molecular weight excluding hydrogens is 447 g/mol. The summed E-state index contributed by atoms with van der Waals surface area (Å²) in [5.41, 5.74) is 3.96. The van der Waals surface area contributed by atoms with Crippen LogP contribution in [-0.4, -0.2) is 50.1 Å². The van der Waals surface area contributed by atoms with Gasteiger partial charge in [0, 0.05) is 30.3 Å². The Balaban J connectivity index is 1.49. The predicted octanol–water partition coefficient (Wildman–Crippen LogP) is 3.24. The SMILES string of the molecule is Cc1oc2cc(Oc3ccnn4cc(C(=O)N5C[C@@H](O)[C@@H]5C)c(C)c34)ccc2c1C(=O)NOF. The summed E-state index contributed by atoms with van der Waals surface area (Å²) in [4.78, 5) is 26.6. The second-order valence-electron chi connectivity index (χ2n) is 8.22. The van der Waals surface area contributed by atoms with Gasteiger partial charge in [0.25, 0.3) is 11.8 Å². The first kappa shape index (κ1) is 21.9. The van der Waals surface area contributed by atoms with E-state index >= 15 is 0 Å². The molecule has 1 saturated heterocycles. The van der Waals surface area contributed by atoms with Crippen molar-refractivity contribution in [3.05, 3.63) is 59.1 Å². The van der Waals surface area contributed by atoms with Crippen molar-refractivity contribution in [3.8, 4) is 11.5 Å². The van der Waals surface area contributed by atoms with E-state index < -0.39 is 12.0 Å². The molecule has 0 unspecified atom stereocenters. The minimum atomic E-state index is -0.770. The van der Waals surface area contributed by atoms with Crippen LogP contribution in [0.1, 0.15) is 39.0 Å². The van der Waals surface area contributed by atoms with Gasteiger partial charge in [0.15, 0.2) is 5.75 Å². The number of hydroxylamine groups is 1. The maximum atomic E-state index is 13.0. The summed E-state index contributed by atoms with van der Waals surface area (Å²) in [6.45, 7) is 5.49. The standard InChI is InChI=1S/C23H21FN4O6/c1-11-16(23(31)27-10-17(29)12(27)2)9-28-21(11)18(6-7-25-28)33-14-4-5-15-19(8-14)32-13(3)20(15)22(30)26-34-24/h4-9,12,17,29H,10H2,1-3H3,(H,26,30)/t12-,17+/m0/s1. The number of fused-ring (bicyclic) bond motifs is 2. The average molecular weight is 468 g/mol. The van der Waals surface area contributed by atoms with Crippen molar-refractivity contribution in [2.45, 2.75) is 32.9 Å². The summed E-state index contributed by atoms with van der Waals surface area (Å²) in [6.07, 6.45) is 2.68. The van der Waals surface area contributed by atoms with Gasteiger partial charge >= 0.3 is 0 Å². The number of ether oxygens (including phenoxy) is 1. The maximum Gasteiger partial charge on any atom is 0.281 e. The largest absolute Gasteiger partial charge is 0.460 e. The Morgan fingerprint density at radius 3 is 2.79 bits per heavy atom. The second-order valence-corrected chi connectivity index (χ2v) is 8.22. The van der Waals surface area contributed by atoms with E-state index in [0.29, 0.717) is 51.4 Å². The number of aromatic nitrogens is 2. The van der Waals surface area contributed by atoms with Gasteiger partial charge in [-0.1, -0.05) is 5.04 Å². The fourth-order valence-electron chi connectivity index (χ4n) is 4.29. The third kappa shape index (κ3) is 3.37. The number of furan rings is 1. The molecule has 1 aliphatic heterocycles. The van der Waals surface area contributed by atoms with Crippen LogP contribution in [-0.2, 0) is 5.04 Å². The fourth-order valence-corrected chi connectivity index (χ4v) is 4.29. The monoisotopic (exact) mass is 468 g/mol. The topological polar surface area (TPSA) is 119 Å². The Morgan fingerprint density at radius 1 is 1.29 bits per heavy atom. The van der Waals surface area contributed by atoms with Crippen molar-refractivity contribution in [2.24, 2.45) is 0 Å². The summed E-state index contributed by atoms with van der Waals surface area (Å²) in [6, 6.07) is 6.32. The normalized spacial score (nSPS) is 17.7. The zero-order valence-electron chi connectivity index (χ0n) is 18.5. The molecule has 2 atom stereocenters. The summed E-state index contributed by atoms with van der Waals surface area (Å²) in [7, 11) is 0. The molecular formula is C23H21FN4O6. The number of hydrogen-bond acceptors (Lipinski definition) is 7. The van der Waals surface area contributed by atoms with Crippen LogP contribution in [0.2, 0.25) is 0 Å². The van der Waals surface area contributed by atoms with Gasteiger partial charge in [-0.25, -0.2) is 4.52 Å². The molecule has 176 valence electrons. The number of nitrogens with zero attached hydrogens (tertiary/aromatic N) is 3. The van der Waals surface area contributed by atoms with Crippen LogP contribution in [0.25, 0.3) is 16.5 Å². The lowest BCUT2D eigenvalue weighted by atomic mass is 9.99. The first-order valence-electron chi connectivity index (χ1n) is 10.5. The first-order valence-corrected chi connectivity index (χ1v) is 10.5. The second kappa shape index (κ2) is 8.12. The number of aryl methyl sites for hydroxylation is 2. The number of rotatable bonds is 5. The van der Waals surface area contributed by atoms with Crippen LogP contribution in [0, 0.1) is 13.8 Å². The van der Waals surface area contributed by atoms with Gasteiger partial charge in [-0.2, -0.15) is 10.6 Å². The number of carbonyl (C=O) groups excluding carboxylic acids is 2. The van der Waals surface area contributed by atoms with Gasteiger partial charge in [0.1, 0.15) is 22.6 Å². The summed E-state index contributed by atoms with van der Waals surface area (Å²) in [5.74, 6) is 0.241. The van der Waals surface area contributed by atoms with Gasteiger partial charge in [-0.05, 0) is 43.0 Å². The van der Waals surface area contributed by atoms with Crippen molar-refractivity contribution in [1.29, 1.82) is 0 Å². The number of likely N-dealkylation sites (tertiary alicyclic amines) is 1. The number of halogens is 1. The zero-order chi connectivity index (χ0) is 24.1. The number of aliphatic hydroxyl groups excluding tert-OH is 1. The molecule has 5 rings (SSSR count). The highest BCUT2D eigenvalue weighted by molar-refractivity contribution is 6.07. The Labute approximate surface area is 192 Å². The number of hydrogen-bond donors (Lipinski definition) is 2. The van der Waals surface area contributed by atoms with Gasteiger partial charge in [0.05, 0.1) is 29.5 Å². The molecule has 4 heterocycles. The molecule has 0 saturated carbocycles. The quantitative estimate of drug-likeness (QED) is 0.432. The third-order valence-electron chi connectivity index (χ3n) is 6.24. The lowest BCUT2D eigenvalue weighted by Crippen LogP contribution is -2.60. The number of nitrogens with one attached hydrogen (secondary N) is 1. The molecule has 0 bridgehead atoms. The lowest BCUT2D eigenvalue weighted by molar-refractivity contribution is -0.176. The Hall–Kier alpha value is -3.96. The minimum Gasteiger partial charge on any atom is -0.460 e. The van der Waals surface area contributed by atoms with Gasteiger partial charge in [0.2, 0.25) is 0 Å². The van der Waals surface area contributed by atoms with Crippen molar-refractivity contribution in [2.75, 3.05) is 6.54 Å². The van der Waals surface area contributed by atoms with Crippen LogP contribution >= 0.6 is 0 Å². The van der Waals surface area contributed by atoms with E-state index in [2.05, 4.69) is 10.1 Å². The summed E-state index contributed by atoms with van der Waals surface area (Å²) < 4.78 is 25.4. The first-order chi connectivity index (χ1) is 16.3. The van der Waals surface area contributed by atoms with Gasteiger partial charge in [-0.15, -0.1) is 0 Å². The Kier molecular flexibility index (Phi) is 5.22. The van der Waals surface area contributed by atoms with Gasteiger partial charge in [-0.3, -0.25) is 9.59 Å². The van der Waals surface area contributed by atoms with Crippen LogP contribution in [0.4, 0.5) is 4.53 Å². The molecule has 2 amide bonds. The molecule has 0 spiro atoms. The summed E-state index contributed by atoms with van der Waals surface area (Å²) in [5, 5.41) is 17.8. The lowest BCUT2D eigenvalue weighted by Gasteiger charge is -2.43. The zero-order valence-corrected chi connectivity index (χ0v) is 18.5. The highest BCUT2D eigenvalue weighted by Crippen LogP contribution is 2.34. The van der Waals surface area contributed by atoms with E-state index in [1.807, 2.05) is 6.92 Å². The molecule has 0 aliphatic carbocycles. The molecule has 10 nitrogen and oxygen atoms in total. The van der Waals surface area contributed by atoms with E-state index in [-0.39, 0.29) is 17.5 Å². The smallest absolute Gasteiger partial charge is 0.281 e. The van der Waals surface area contributed by atoms with E-state index in [0.717, 1.165) is 0 Å². The number of β-amino-alcohol motifs (C(OH)–C–C–N with tert-alkyl or cyclic N) is 1. The molecule has 4 aromatic rings. The Morgan fingerprint density at radius 2 is 2.09 bits per heavy atom. The Bertz CT molecular complexity index is 1440. The molecule has 2 N–H and O–H groups in total. The molecule has 11 heteroatoms. The number of aliphatic hydroxyl groups is 1. The van der Waals surface area contributed by atoms with E-state index in [4.69, 9.17) is 9.15 Å². The number of carbonyl (C=O) groups is 2. The maximum absolute atomic E-state index is 13.0. The molecule has 1 aliphatic rings. The van der Waals surface area contributed by atoms with Crippen LogP contribution in [0.3, 0.4) is 0 Å². The van der Waals surface area contributed by atoms with Crippen LogP contribution in [0.15, 0.2) is 41.1 Å². The highest BCUT2D eigenvalue weighted by atomic mass is 19.3. The minimum absolute atomic E-state index is 0.154.